The minimum absolute atomic E-state index is 0.246. The summed E-state index contributed by atoms with van der Waals surface area (Å²) in [5, 5.41) is 15.9. The van der Waals surface area contributed by atoms with E-state index >= 15 is 0 Å². The van der Waals surface area contributed by atoms with Gasteiger partial charge < -0.3 is 10.4 Å². The van der Waals surface area contributed by atoms with E-state index in [1.807, 2.05) is 18.5 Å². The molecule has 2 aromatic rings. The maximum atomic E-state index is 11.9. The molecule has 0 aliphatic carbocycles. The SMILES string of the molecule is Cc1ccc(Cn2nc(C)c(CCC(=O)NC(C)C(=O)O)c2C)cc1. The highest BCUT2D eigenvalue weighted by molar-refractivity contribution is 5.83. The first-order chi connectivity index (χ1) is 11.8. The van der Waals surface area contributed by atoms with E-state index in [9.17, 15) is 9.59 Å². The summed E-state index contributed by atoms with van der Waals surface area (Å²) >= 11 is 0. The van der Waals surface area contributed by atoms with Crippen molar-refractivity contribution in [2.75, 3.05) is 0 Å². The van der Waals surface area contributed by atoms with Crippen molar-refractivity contribution in [2.45, 2.75) is 53.1 Å². The zero-order chi connectivity index (χ0) is 18.6. The molecule has 134 valence electrons. The summed E-state index contributed by atoms with van der Waals surface area (Å²) in [5.74, 6) is -1.30. The number of hydrogen-bond donors (Lipinski definition) is 2. The number of carboxylic acid groups (broad SMARTS) is 1. The molecule has 0 bridgehead atoms. The molecule has 1 unspecified atom stereocenters. The third kappa shape index (κ3) is 4.92. The second-order valence-corrected chi connectivity index (χ2v) is 6.42. The van der Waals surface area contributed by atoms with Crippen LogP contribution in [-0.4, -0.2) is 32.8 Å². The van der Waals surface area contributed by atoms with Crippen LogP contribution in [0.1, 0.15) is 41.4 Å². The largest absolute Gasteiger partial charge is 0.480 e. The molecule has 1 amide bonds. The van der Waals surface area contributed by atoms with Crippen molar-refractivity contribution in [1.29, 1.82) is 0 Å². The van der Waals surface area contributed by atoms with Crippen molar-refractivity contribution in [3.8, 4) is 0 Å². The number of carboxylic acids is 1. The van der Waals surface area contributed by atoms with Gasteiger partial charge >= 0.3 is 5.97 Å². The number of aliphatic carboxylic acids is 1. The molecule has 0 aliphatic heterocycles. The van der Waals surface area contributed by atoms with E-state index in [4.69, 9.17) is 5.11 Å². The van der Waals surface area contributed by atoms with E-state index < -0.39 is 12.0 Å². The molecule has 25 heavy (non-hydrogen) atoms. The lowest BCUT2D eigenvalue weighted by Gasteiger charge is -2.09. The van der Waals surface area contributed by atoms with Crippen molar-refractivity contribution in [1.82, 2.24) is 15.1 Å². The molecule has 1 aromatic heterocycles. The highest BCUT2D eigenvalue weighted by Crippen LogP contribution is 2.17. The molecule has 0 fully saturated rings. The molecule has 0 saturated heterocycles. The van der Waals surface area contributed by atoms with Crippen molar-refractivity contribution < 1.29 is 14.7 Å². The van der Waals surface area contributed by atoms with Gasteiger partial charge in [-0.05, 0) is 45.2 Å². The number of amides is 1. The van der Waals surface area contributed by atoms with E-state index in [0.29, 0.717) is 13.0 Å². The summed E-state index contributed by atoms with van der Waals surface area (Å²) in [6.07, 6.45) is 0.791. The average Bonchev–Trinajstić information content (AvgIpc) is 2.81. The van der Waals surface area contributed by atoms with Gasteiger partial charge in [-0.25, -0.2) is 0 Å². The monoisotopic (exact) mass is 343 g/mol. The van der Waals surface area contributed by atoms with Gasteiger partial charge in [0.25, 0.3) is 0 Å². The van der Waals surface area contributed by atoms with E-state index in [2.05, 4.69) is 41.6 Å². The molecular formula is C19H25N3O3. The fourth-order valence-corrected chi connectivity index (χ4v) is 2.73. The van der Waals surface area contributed by atoms with Crippen molar-refractivity contribution in [3.63, 3.8) is 0 Å². The van der Waals surface area contributed by atoms with Crippen molar-refractivity contribution in [2.24, 2.45) is 0 Å². The fraction of sp³-hybridized carbons (Fsp3) is 0.421. The first kappa shape index (κ1) is 18.7. The van der Waals surface area contributed by atoms with Gasteiger partial charge in [-0.1, -0.05) is 29.8 Å². The molecule has 1 heterocycles. The third-order valence-electron chi connectivity index (χ3n) is 4.33. The van der Waals surface area contributed by atoms with Gasteiger partial charge in [0.05, 0.1) is 12.2 Å². The number of carbonyl (C=O) groups is 2. The summed E-state index contributed by atoms with van der Waals surface area (Å²) in [7, 11) is 0. The van der Waals surface area contributed by atoms with E-state index in [0.717, 1.165) is 17.0 Å². The molecular weight excluding hydrogens is 318 g/mol. The van der Waals surface area contributed by atoms with Gasteiger partial charge in [-0.15, -0.1) is 0 Å². The molecule has 1 atom stereocenters. The number of nitrogens with zero attached hydrogens (tertiary/aromatic N) is 2. The minimum atomic E-state index is -1.04. The molecule has 0 aliphatic rings. The van der Waals surface area contributed by atoms with Crippen LogP contribution in [-0.2, 0) is 22.6 Å². The Morgan fingerprint density at radius 2 is 1.84 bits per heavy atom. The first-order valence-corrected chi connectivity index (χ1v) is 8.38. The quantitative estimate of drug-likeness (QED) is 0.808. The van der Waals surface area contributed by atoms with Crippen molar-refractivity contribution >= 4 is 11.9 Å². The maximum Gasteiger partial charge on any atom is 0.325 e. The van der Waals surface area contributed by atoms with E-state index in [1.54, 1.807) is 0 Å². The third-order valence-corrected chi connectivity index (χ3v) is 4.33. The van der Waals surface area contributed by atoms with Crippen LogP contribution in [0.3, 0.4) is 0 Å². The molecule has 0 saturated carbocycles. The summed E-state index contributed by atoms with van der Waals surface area (Å²) in [6, 6.07) is 7.46. The number of rotatable bonds is 7. The van der Waals surface area contributed by atoms with Crippen LogP contribution in [0.15, 0.2) is 24.3 Å². The Hall–Kier alpha value is -2.63. The number of aromatic nitrogens is 2. The Kier molecular flexibility index (Phi) is 5.96. The number of benzene rings is 1. The Bertz CT molecular complexity index is 763. The Balaban J connectivity index is 2.02. The normalized spacial score (nSPS) is 12.0. The van der Waals surface area contributed by atoms with Crippen molar-refractivity contribution in [3.05, 3.63) is 52.3 Å². The second kappa shape index (κ2) is 7.96. The van der Waals surface area contributed by atoms with Crippen LogP contribution in [0.2, 0.25) is 0 Å². The maximum absolute atomic E-state index is 11.9. The first-order valence-electron chi connectivity index (χ1n) is 8.38. The zero-order valence-corrected chi connectivity index (χ0v) is 15.2. The zero-order valence-electron chi connectivity index (χ0n) is 15.2. The predicted octanol–water partition coefficient (Wildman–Crippen LogP) is 2.38. The second-order valence-electron chi connectivity index (χ2n) is 6.42. The lowest BCUT2D eigenvalue weighted by molar-refractivity contribution is -0.141. The van der Waals surface area contributed by atoms with Gasteiger partial charge in [0, 0.05) is 12.1 Å². The predicted molar refractivity (Wildman–Crippen MR) is 95.5 cm³/mol. The molecule has 2 N–H and O–H groups in total. The lowest BCUT2D eigenvalue weighted by atomic mass is 10.1. The van der Waals surface area contributed by atoms with Gasteiger partial charge in [0.1, 0.15) is 6.04 Å². The Morgan fingerprint density at radius 1 is 1.20 bits per heavy atom. The standard InChI is InChI=1S/C19H25N3O3/c1-12-5-7-16(8-6-12)11-22-15(4)17(13(2)21-22)9-10-18(23)20-14(3)19(24)25/h5-8,14H,9-11H2,1-4H3,(H,20,23)(H,24,25). The minimum Gasteiger partial charge on any atom is -0.480 e. The summed E-state index contributed by atoms with van der Waals surface area (Å²) in [4.78, 5) is 22.7. The van der Waals surface area contributed by atoms with Gasteiger partial charge in [-0.2, -0.15) is 5.10 Å². The summed E-state index contributed by atoms with van der Waals surface area (Å²) in [5.41, 5.74) is 5.39. The van der Waals surface area contributed by atoms with E-state index in [1.165, 1.54) is 18.1 Å². The number of aryl methyl sites for hydroxylation is 2. The average molecular weight is 343 g/mol. The summed E-state index contributed by atoms with van der Waals surface area (Å²) < 4.78 is 1.95. The molecule has 0 spiro atoms. The fourth-order valence-electron chi connectivity index (χ4n) is 2.73. The molecule has 0 radical (unpaired) electrons. The number of nitrogens with one attached hydrogen (secondary N) is 1. The van der Waals surface area contributed by atoms with Crippen LogP contribution in [0.4, 0.5) is 0 Å². The van der Waals surface area contributed by atoms with Crippen LogP contribution in [0.25, 0.3) is 0 Å². The molecule has 1 aromatic carbocycles. The lowest BCUT2D eigenvalue weighted by Crippen LogP contribution is -2.38. The van der Waals surface area contributed by atoms with Crippen LogP contribution >= 0.6 is 0 Å². The smallest absolute Gasteiger partial charge is 0.325 e. The number of hydrogen-bond acceptors (Lipinski definition) is 3. The van der Waals surface area contributed by atoms with Gasteiger partial charge in [-0.3, -0.25) is 14.3 Å². The molecule has 2 rings (SSSR count). The van der Waals surface area contributed by atoms with Crippen LogP contribution in [0, 0.1) is 20.8 Å². The highest BCUT2D eigenvalue weighted by Gasteiger charge is 2.16. The molecule has 6 heteroatoms. The van der Waals surface area contributed by atoms with Crippen LogP contribution in [0.5, 0.6) is 0 Å². The Labute approximate surface area is 147 Å². The number of carbonyl (C=O) groups excluding carboxylic acids is 1. The Morgan fingerprint density at radius 3 is 2.44 bits per heavy atom. The van der Waals surface area contributed by atoms with Crippen LogP contribution < -0.4 is 5.32 Å². The highest BCUT2D eigenvalue weighted by atomic mass is 16.4. The van der Waals surface area contributed by atoms with E-state index in [-0.39, 0.29) is 12.3 Å². The summed E-state index contributed by atoms with van der Waals surface area (Å²) in [6.45, 7) is 8.14. The molecule has 6 nitrogen and oxygen atoms in total. The van der Waals surface area contributed by atoms with Gasteiger partial charge in [0.2, 0.25) is 5.91 Å². The van der Waals surface area contributed by atoms with Gasteiger partial charge in [0.15, 0.2) is 0 Å². The topological polar surface area (TPSA) is 84.2 Å².